The number of amides is 1. The monoisotopic (exact) mass is 387 g/mol. The fourth-order valence-electron chi connectivity index (χ4n) is 2.70. The summed E-state index contributed by atoms with van der Waals surface area (Å²) in [6, 6.07) is 14.9. The molecule has 0 aliphatic carbocycles. The molecule has 6 heteroatoms. The molecule has 26 heavy (non-hydrogen) atoms. The number of hydrogen-bond donors (Lipinski definition) is 1. The number of benzene rings is 2. The van der Waals surface area contributed by atoms with Gasteiger partial charge in [0.1, 0.15) is 0 Å². The fraction of sp³-hybridized carbons (Fsp3) is 0.200. The van der Waals surface area contributed by atoms with Crippen molar-refractivity contribution in [3.63, 3.8) is 0 Å². The van der Waals surface area contributed by atoms with E-state index < -0.39 is 0 Å². The second kappa shape index (κ2) is 7.94. The molecule has 4 nitrogen and oxygen atoms in total. The van der Waals surface area contributed by atoms with Crippen LogP contribution in [-0.2, 0) is 6.42 Å². The number of nitrogens with one attached hydrogen (secondary N) is 1. The van der Waals surface area contributed by atoms with Gasteiger partial charge in [-0.15, -0.1) is 0 Å². The Morgan fingerprint density at radius 2 is 1.69 bits per heavy atom. The largest absolute Gasteiger partial charge is 0.352 e. The summed E-state index contributed by atoms with van der Waals surface area (Å²) in [7, 11) is 0. The molecule has 0 saturated carbocycles. The van der Waals surface area contributed by atoms with Crippen molar-refractivity contribution < 1.29 is 4.79 Å². The van der Waals surface area contributed by atoms with Crippen LogP contribution < -0.4 is 5.32 Å². The Hall–Kier alpha value is -2.30. The lowest BCUT2D eigenvalue weighted by Gasteiger charge is -2.08. The van der Waals surface area contributed by atoms with Crippen molar-refractivity contribution >= 4 is 29.1 Å². The van der Waals surface area contributed by atoms with E-state index in [2.05, 4.69) is 10.4 Å². The number of aryl methyl sites for hydroxylation is 1. The molecule has 0 spiro atoms. The average Bonchev–Trinajstić information content (AvgIpc) is 2.91. The van der Waals surface area contributed by atoms with Gasteiger partial charge in [-0.3, -0.25) is 4.79 Å². The molecule has 1 amide bonds. The summed E-state index contributed by atoms with van der Waals surface area (Å²) in [6.45, 7) is 4.35. The average molecular weight is 388 g/mol. The minimum atomic E-state index is -0.100. The lowest BCUT2D eigenvalue weighted by atomic mass is 10.1. The Morgan fingerprint density at radius 1 is 1.04 bits per heavy atom. The van der Waals surface area contributed by atoms with Crippen LogP contribution in [0, 0.1) is 13.8 Å². The normalized spacial score (nSPS) is 10.8. The number of rotatable bonds is 5. The van der Waals surface area contributed by atoms with E-state index in [0.29, 0.717) is 22.2 Å². The molecule has 0 saturated heterocycles. The molecule has 0 aliphatic heterocycles. The van der Waals surface area contributed by atoms with Crippen LogP contribution in [0.2, 0.25) is 10.0 Å². The minimum Gasteiger partial charge on any atom is -0.352 e. The maximum Gasteiger partial charge on any atom is 0.251 e. The van der Waals surface area contributed by atoms with E-state index in [1.54, 1.807) is 16.8 Å². The highest BCUT2D eigenvalue weighted by Gasteiger charge is 2.11. The molecule has 134 valence electrons. The van der Waals surface area contributed by atoms with E-state index in [9.17, 15) is 4.79 Å². The molecule has 0 aliphatic rings. The van der Waals surface area contributed by atoms with E-state index in [4.69, 9.17) is 23.2 Å². The quantitative estimate of drug-likeness (QED) is 0.685. The molecule has 0 atom stereocenters. The number of carbonyl (C=O) groups is 1. The van der Waals surface area contributed by atoms with Crippen molar-refractivity contribution in [2.75, 3.05) is 6.54 Å². The van der Waals surface area contributed by atoms with Crippen LogP contribution in [0.4, 0.5) is 0 Å². The maximum atomic E-state index is 12.3. The zero-order chi connectivity index (χ0) is 18.7. The molecule has 0 bridgehead atoms. The van der Waals surface area contributed by atoms with Crippen LogP contribution in [-0.4, -0.2) is 22.2 Å². The van der Waals surface area contributed by atoms with Crippen molar-refractivity contribution in [3.8, 4) is 5.69 Å². The standard InChI is InChI=1S/C20H19Cl2N3O/c1-13-19(22)14(2)25(24-13)18-9-5-16(6-10-18)20(26)23-12-11-15-3-7-17(21)8-4-15/h3-10H,11-12H2,1-2H3,(H,23,26). The van der Waals surface area contributed by atoms with Gasteiger partial charge in [-0.2, -0.15) is 5.10 Å². The highest BCUT2D eigenvalue weighted by atomic mass is 35.5. The van der Waals surface area contributed by atoms with Gasteiger partial charge in [0.2, 0.25) is 0 Å². The Balaban J connectivity index is 1.61. The summed E-state index contributed by atoms with van der Waals surface area (Å²) >= 11 is 12.1. The first-order valence-corrected chi connectivity index (χ1v) is 9.06. The summed E-state index contributed by atoms with van der Waals surface area (Å²) in [5.41, 5.74) is 4.27. The Bertz CT molecular complexity index is 915. The Kier molecular flexibility index (Phi) is 5.64. The lowest BCUT2D eigenvalue weighted by Crippen LogP contribution is -2.25. The van der Waals surface area contributed by atoms with Gasteiger partial charge in [0.05, 0.1) is 22.1 Å². The van der Waals surface area contributed by atoms with Crippen LogP contribution in [0.3, 0.4) is 0 Å². The van der Waals surface area contributed by atoms with Gasteiger partial charge in [0.15, 0.2) is 0 Å². The molecule has 1 N–H and O–H groups in total. The van der Waals surface area contributed by atoms with Crippen LogP contribution >= 0.6 is 23.2 Å². The third kappa shape index (κ3) is 4.09. The van der Waals surface area contributed by atoms with Gasteiger partial charge in [0.25, 0.3) is 5.91 Å². The summed E-state index contributed by atoms with van der Waals surface area (Å²) in [5, 5.41) is 8.72. The van der Waals surface area contributed by atoms with Crippen LogP contribution in [0.1, 0.15) is 27.3 Å². The molecular weight excluding hydrogens is 369 g/mol. The zero-order valence-electron chi connectivity index (χ0n) is 14.6. The first kappa shape index (κ1) is 18.5. The summed E-state index contributed by atoms with van der Waals surface area (Å²) in [5.74, 6) is -0.100. The van der Waals surface area contributed by atoms with Crippen molar-refractivity contribution in [2.24, 2.45) is 0 Å². The predicted molar refractivity (Wildman–Crippen MR) is 106 cm³/mol. The van der Waals surface area contributed by atoms with Crippen LogP contribution in [0.25, 0.3) is 5.69 Å². The van der Waals surface area contributed by atoms with E-state index in [1.807, 2.05) is 50.2 Å². The van der Waals surface area contributed by atoms with Gasteiger partial charge in [0, 0.05) is 17.1 Å². The van der Waals surface area contributed by atoms with Crippen molar-refractivity contribution in [1.82, 2.24) is 15.1 Å². The van der Waals surface area contributed by atoms with Crippen LogP contribution in [0.5, 0.6) is 0 Å². The van der Waals surface area contributed by atoms with Gasteiger partial charge in [-0.25, -0.2) is 4.68 Å². The topological polar surface area (TPSA) is 46.9 Å². The second-order valence-corrected chi connectivity index (χ2v) is 6.89. The smallest absolute Gasteiger partial charge is 0.251 e. The molecule has 0 radical (unpaired) electrons. The third-order valence-corrected chi connectivity index (χ3v) is 4.99. The van der Waals surface area contributed by atoms with Crippen molar-refractivity contribution in [1.29, 1.82) is 0 Å². The molecule has 1 heterocycles. The first-order valence-electron chi connectivity index (χ1n) is 8.30. The highest BCUT2D eigenvalue weighted by molar-refractivity contribution is 6.31. The highest BCUT2D eigenvalue weighted by Crippen LogP contribution is 2.22. The molecule has 1 aromatic heterocycles. The second-order valence-electron chi connectivity index (χ2n) is 6.08. The molecule has 2 aromatic carbocycles. The third-order valence-electron chi connectivity index (χ3n) is 4.19. The lowest BCUT2D eigenvalue weighted by molar-refractivity contribution is 0.0954. The van der Waals surface area contributed by atoms with Gasteiger partial charge >= 0.3 is 0 Å². The van der Waals surface area contributed by atoms with Gasteiger partial charge in [-0.05, 0) is 62.2 Å². The Labute approximate surface area is 162 Å². The molecule has 3 rings (SSSR count). The van der Waals surface area contributed by atoms with E-state index in [1.165, 1.54) is 0 Å². The number of aromatic nitrogens is 2. The summed E-state index contributed by atoms with van der Waals surface area (Å²) in [4.78, 5) is 12.3. The molecule has 0 fully saturated rings. The number of carbonyl (C=O) groups excluding carboxylic acids is 1. The number of hydrogen-bond acceptors (Lipinski definition) is 2. The summed E-state index contributed by atoms with van der Waals surface area (Å²) in [6.07, 6.45) is 0.755. The predicted octanol–water partition coefficient (Wildman–Crippen LogP) is 4.77. The first-order chi connectivity index (χ1) is 12.5. The minimum absolute atomic E-state index is 0.100. The van der Waals surface area contributed by atoms with Crippen LogP contribution in [0.15, 0.2) is 48.5 Å². The molecule has 3 aromatic rings. The Morgan fingerprint density at radius 3 is 2.27 bits per heavy atom. The van der Waals surface area contributed by atoms with Crippen molar-refractivity contribution in [2.45, 2.75) is 20.3 Å². The molecule has 0 unspecified atom stereocenters. The SMILES string of the molecule is Cc1nn(-c2ccc(C(=O)NCCc3ccc(Cl)cc3)cc2)c(C)c1Cl. The van der Waals surface area contributed by atoms with E-state index >= 15 is 0 Å². The van der Waals surface area contributed by atoms with E-state index in [-0.39, 0.29) is 5.91 Å². The van der Waals surface area contributed by atoms with Gasteiger partial charge < -0.3 is 5.32 Å². The number of halogens is 2. The van der Waals surface area contributed by atoms with E-state index in [0.717, 1.165) is 29.1 Å². The zero-order valence-corrected chi connectivity index (χ0v) is 16.1. The fourth-order valence-corrected chi connectivity index (χ4v) is 2.95. The number of nitrogens with zero attached hydrogens (tertiary/aromatic N) is 2. The summed E-state index contributed by atoms with van der Waals surface area (Å²) < 4.78 is 1.78. The maximum absolute atomic E-state index is 12.3. The van der Waals surface area contributed by atoms with Gasteiger partial charge in [-0.1, -0.05) is 35.3 Å². The van der Waals surface area contributed by atoms with Crippen molar-refractivity contribution in [3.05, 3.63) is 81.1 Å². The molecular formula is C20H19Cl2N3O.